The lowest BCUT2D eigenvalue weighted by molar-refractivity contribution is -0.122. The van der Waals surface area contributed by atoms with Gasteiger partial charge in [-0.05, 0) is 56.9 Å². The van der Waals surface area contributed by atoms with Gasteiger partial charge in [0.2, 0.25) is 10.0 Å². The van der Waals surface area contributed by atoms with Gasteiger partial charge in [-0.3, -0.25) is 4.79 Å². The summed E-state index contributed by atoms with van der Waals surface area (Å²) in [4.78, 5) is 12.1. The van der Waals surface area contributed by atoms with E-state index in [4.69, 9.17) is 11.6 Å². The number of amides is 1. The zero-order chi connectivity index (χ0) is 17.6. The molecular weight excluding hydrogens is 350 g/mol. The summed E-state index contributed by atoms with van der Waals surface area (Å²) in [5, 5.41) is 4.59. The number of hydrogen-bond donors (Lipinski definition) is 2. The van der Waals surface area contributed by atoms with Crippen LogP contribution < -0.4 is 10.1 Å². The van der Waals surface area contributed by atoms with E-state index in [1.54, 1.807) is 0 Å². The lowest BCUT2D eigenvalue weighted by Crippen LogP contribution is -2.43. The molecule has 1 amide bonds. The number of benzene rings is 1. The van der Waals surface area contributed by atoms with Gasteiger partial charge in [-0.2, -0.15) is 9.82 Å². The van der Waals surface area contributed by atoms with Crippen LogP contribution in [-0.4, -0.2) is 26.1 Å². The van der Waals surface area contributed by atoms with Crippen molar-refractivity contribution in [2.45, 2.75) is 56.4 Å². The zero-order valence-electron chi connectivity index (χ0n) is 13.6. The van der Waals surface area contributed by atoms with Crippen LogP contribution in [0.2, 0.25) is 5.02 Å². The van der Waals surface area contributed by atoms with E-state index in [1.807, 2.05) is 0 Å². The maximum Gasteiger partial charge on any atom is 0.257 e. The van der Waals surface area contributed by atoms with Gasteiger partial charge < -0.3 is 0 Å². The minimum Gasteiger partial charge on any atom is -0.271 e. The Balaban J connectivity index is 1.95. The smallest absolute Gasteiger partial charge is 0.257 e. The highest BCUT2D eigenvalue weighted by molar-refractivity contribution is 7.89. The van der Waals surface area contributed by atoms with E-state index in [0.29, 0.717) is 5.02 Å². The molecule has 2 rings (SSSR count). The van der Waals surface area contributed by atoms with Crippen molar-refractivity contribution in [3.63, 3.8) is 0 Å². The average molecular weight is 372 g/mol. The van der Waals surface area contributed by atoms with Crippen molar-refractivity contribution < 1.29 is 13.2 Å². The van der Waals surface area contributed by atoms with Crippen molar-refractivity contribution in [1.82, 2.24) is 10.1 Å². The predicted molar refractivity (Wildman–Crippen MR) is 94.5 cm³/mol. The van der Waals surface area contributed by atoms with Gasteiger partial charge in [-0.15, -0.1) is 0 Å². The number of rotatable bonds is 5. The fourth-order valence-electron chi connectivity index (χ4n) is 2.45. The highest BCUT2D eigenvalue weighted by Crippen LogP contribution is 2.15. The van der Waals surface area contributed by atoms with Gasteiger partial charge in [-0.1, -0.05) is 24.4 Å². The molecule has 1 aliphatic carbocycles. The van der Waals surface area contributed by atoms with Crippen molar-refractivity contribution in [2.75, 3.05) is 0 Å². The number of hydrogen-bond acceptors (Lipinski definition) is 4. The second-order valence-corrected chi connectivity index (χ2v) is 8.02. The van der Waals surface area contributed by atoms with Gasteiger partial charge in [0, 0.05) is 10.7 Å². The zero-order valence-corrected chi connectivity index (χ0v) is 15.2. The number of sulfonamides is 1. The van der Waals surface area contributed by atoms with Crippen molar-refractivity contribution >= 4 is 33.2 Å². The fourth-order valence-corrected chi connectivity index (χ4v) is 3.78. The van der Waals surface area contributed by atoms with Crippen molar-refractivity contribution in [3.8, 4) is 0 Å². The minimum atomic E-state index is -3.79. The van der Waals surface area contributed by atoms with Crippen LogP contribution in [0.5, 0.6) is 0 Å². The van der Waals surface area contributed by atoms with Crippen LogP contribution >= 0.6 is 11.6 Å². The van der Waals surface area contributed by atoms with Gasteiger partial charge in [0.05, 0.1) is 10.9 Å². The van der Waals surface area contributed by atoms with E-state index in [0.717, 1.165) is 31.4 Å². The predicted octanol–water partition coefficient (Wildman–Crippen LogP) is 2.83. The van der Waals surface area contributed by atoms with Crippen LogP contribution in [0, 0.1) is 0 Å². The highest BCUT2D eigenvalue weighted by atomic mass is 35.5. The third-order valence-corrected chi connectivity index (χ3v) is 5.66. The van der Waals surface area contributed by atoms with Crippen molar-refractivity contribution in [3.05, 3.63) is 29.3 Å². The van der Waals surface area contributed by atoms with Crippen LogP contribution in [0.4, 0.5) is 0 Å². The first-order valence-corrected chi connectivity index (χ1v) is 9.88. The molecule has 0 bridgehead atoms. The Morgan fingerprint density at radius 2 is 1.71 bits per heavy atom. The minimum absolute atomic E-state index is 0.0571. The summed E-state index contributed by atoms with van der Waals surface area (Å²) in [6.07, 6.45) is 6.28. The maximum absolute atomic E-state index is 12.2. The van der Waals surface area contributed by atoms with Crippen LogP contribution in [0.3, 0.4) is 0 Å². The van der Waals surface area contributed by atoms with E-state index in [9.17, 15) is 13.2 Å². The number of nitrogens with one attached hydrogen (secondary N) is 2. The summed E-state index contributed by atoms with van der Waals surface area (Å²) in [6.45, 7) is 1.48. The van der Waals surface area contributed by atoms with Crippen LogP contribution in [-0.2, 0) is 14.8 Å². The molecular formula is C16H22ClN3O3S. The van der Waals surface area contributed by atoms with E-state index in [-0.39, 0.29) is 4.90 Å². The lowest BCUT2D eigenvalue weighted by atomic mass is 10.2. The molecule has 0 heterocycles. The highest BCUT2D eigenvalue weighted by Gasteiger charge is 2.22. The largest absolute Gasteiger partial charge is 0.271 e. The molecule has 6 nitrogen and oxygen atoms in total. The van der Waals surface area contributed by atoms with Gasteiger partial charge in [-0.25, -0.2) is 13.8 Å². The molecule has 0 spiro atoms. The molecule has 132 valence electrons. The first kappa shape index (κ1) is 18.9. The first-order valence-electron chi connectivity index (χ1n) is 8.02. The Bertz CT molecular complexity index is 692. The van der Waals surface area contributed by atoms with Crippen molar-refractivity contribution in [2.24, 2.45) is 5.10 Å². The Hall–Kier alpha value is -1.44. The molecule has 1 saturated carbocycles. The lowest BCUT2D eigenvalue weighted by Gasteiger charge is -2.13. The molecule has 1 aromatic rings. The molecule has 8 heteroatoms. The van der Waals surface area contributed by atoms with Gasteiger partial charge in [0.15, 0.2) is 0 Å². The Labute approximate surface area is 147 Å². The monoisotopic (exact) mass is 371 g/mol. The van der Waals surface area contributed by atoms with Gasteiger partial charge in [0.25, 0.3) is 5.91 Å². The summed E-state index contributed by atoms with van der Waals surface area (Å²) in [6, 6.07) is 4.82. The Kier molecular flexibility index (Phi) is 6.77. The van der Waals surface area contributed by atoms with E-state index in [2.05, 4.69) is 15.2 Å². The molecule has 0 aromatic heterocycles. The Morgan fingerprint density at radius 3 is 2.29 bits per heavy atom. The molecule has 1 aromatic carbocycles. The summed E-state index contributed by atoms with van der Waals surface area (Å²) < 4.78 is 26.8. The summed E-state index contributed by atoms with van der Waals surface area (Å²) >= 11 is 5.75. The molecule has 2 N–H and O–H groups in total. The fraction of sp³-hybridized carbons (Fsp3) is 0.500. The van der Waals surface area contributed by atoms with Crippen LogP contribution in [0.1, 0.15) is 45.4 Å². The standard InChI is InChI=1S/C16H22ClN3O3S/c1-12(16(21)19-18-14-6-4-2-3-5-7-14)20-24(22,23)15-10-8-13(17)9-11-15/h8-12,20H,2-7H2,1H3,(H,19,21)/t12-/m1/s1. The van der Waals surface area contributed by atoms with Crippen LogP contribution in [0.15, 0.2) is 34.3 Å². The number of carbonyl (C=O) groups excluding carboxylic acids is 1. The van der Waals surface area contributed by atoms with Crippen molar-refractivity contribution in [1.29, 1.82) is 0 Å². The quantitative estimate of drug-likeness (QED) is 0.616. The average Bonchev–Trinajstić information content (AvgIpc) is 2.81. The SMILES string of the molecule is C[C@@H](NS(=O)(=O)c1ccc(Cl)cc1)C(=O)NN=C1CCCCCC1. The summed E-state index contributed by atoms with van der Waals surface area (Å²) in [5.41, 5.74) is 3.43. The summed E-state index contributed by atoms with van der Waals surface area (Å²) in [7, 11) is -3.79. The molecule has 0 saturated heterocycles. The molecule has 1 atom stereocenters. The number of carbonyl (C=O) groups is 1. The molecule has 0 unspecified atom stereocenters. The second kappa shape index (κ2) is 8.60. The number of halogens is 1. The third kappa shape index (κ3) is 5.58. The molecule has 0 radical (unpaired) electrons. The first-order chi connectivity index (χ1) is 11.4. The Morgan fingerprint density at radius 1 is 1.12 bits per heavy atom. The second-order valence-electron chi connectivity index (χ2n) is 5.87. The number of hydrazone groups is 1. The van der Waals surface area contributed by atoms with E-state index in [1.165, 1.54) is 44.0 Å². The molecule has 1 fully saturated rings. The third-order valence-electron chi connectivity index (χ3n) is 3.85. The molecule has 24 heavy (non-hydrogen) atoms. The van der Waals surface area contributed by atoms with E-state index >= 15 is 0 Å². The van der Waals surface area contributed by atoms with Crippen LogP contribution in [0.25, 0.3) is 0 Å². The molecule has 0 aliphatic heterocycles. The topological polar surface area (TPSA) is 87.6 Å². The normalized spacial score (nSPS) is 17.0. The summed E-state index contributed by atoms with van der Waals surface area (Å²) in [5.74, 6) is -0.482. The maximum atomic E-state index is 12.2. The molecule has 1 aliphatic rings. The van der Waals surface area contributed by atoms with E-state index < -0.39 is 22.0 Å². The number of nitrogens with zero attached hydrogens (tertiary/aromatic N) is 1. The van der Waals surface area contributed by atoms with Gasteiger partial charge >= 0.3 is 0 Å². The van der Waals surface area contributed by atoms with Gasteiger partial charge in [0.1, 0.15) is 0 Å².